The van der Waals surface area contributed by atoms with Crippen LogP contribution in [0, 0.1) is 16.7 Å². The van der Waals surface area contributed by atoms with Crippen molar-refractivity contribution in [2.24, 2.45) is 16.7 Å². The van der Waals surface area contributed by atoms with Crippen LogP contribution in [0.1, 0.15) is 40.5 Å². The molecule has 134 valence electrons. The van der Waals surface area contributed by atoms with Crippen molar-refractivity contribution in [2.45, 2.75) is 46.1 Å². The molecule has 0 bridgehead atoms. The Bertz CT molecular complexity index is 403. The minimum absolute atomic E-state index is 0.0132. The van der Waals surface area contributed by atoms with Crippen LogP contribution in [0.25, 0.3) is 0 Å². The summed E-state index contributed by atoms with van der Waals surface area (Å²) in [5.41, 5.74) is 0.120. The van der Waals surface area contributed by atoms with Gasteiger partial charge in [-0.25, -0.2) is 4.79 Å². The van der Waals surface area contributed by atoms with Crippen molar-refractivity contribution < 1.29 is 19.4 Å². The molecule has 0 aromatic carbocycles. The van der Waals surface area contributed by atoms with Crippen molar-refractivity contribution in [1.82, 2.24) is 10.6 Å². The predicted molar refractivity (Wildman–Crippen MR) is 88.3 cm³/mol. The maximum absolute atomic E-state index is 12.1. The maximum atomic E-state index is 12.1. The van der Waals surface area contributed by atoms with Gasteiger partial charge in [-0.1, -0.05) is 27.7 Å². The third-order valence-corrected chi connectivity index (χ3v) is 6.26. The molecule has 0 aromatic rings. The Morgan fingerprint density at radius 3 is 2.30 bits per heavy atom. The summed E-state index contributed by atoms with van der Waals surface area (Å²) in [6, 6.07) is -0.151. The standard InChI is InChI=1S/C17H32N2O4/c1-15(2)13(16(15,3)4)11-18-14(21)19-12-17(23-10-7-20)5-8-22-9-6-17/h13,20H,5-12H2,1-4H3,(H2,18,19,21). The van der Waals surface area contributed by atoms with Gasteiger partial charge >= 0.3 is 6.03 Å². The van der Waals surface area contributed by atoms with Crippen molar-refractivity contribution in [2.75, 3.05) is 39.5 Å². The lowest BCUT2D eigenvalue weighted by molar-refractivity contribution is -0.114. The summed E-state index contributed by atoms with van der Waals surface area (Å²) in [6.07, 6.45) is 1.46. The van der Waals surface area contributed by atoms with E-state index in [0.29, 0.717) is 32.2 Å². The SMILES string of the molecule is CC1(C)C(CNC(=O)NCC2(OCCO)CCOCC2)C1(C)C. The van der Waals surface area contributed by atoms with E-state index in [2.05, 4.69) is 38.3 Å². The fraction of sp³-hybridized carbons (Fsp3) is 0.941. The van der Waals surface area contributed by atoms with Gasteiger partial charge < -0.3 is 25.2 Å². The zero-order chi connectivity index (χ0) is 17.1. The van der Waals surface area contributed by atoms with Crippen molar-refractivity contribution in [3.8, 4) is 0 Å². The van der Waals surface area contributed by atoms with Crippen LogP contribution in [-0.2, 0) is 9.47 Å². The highest BCUT2D eigenvalue weighted by Crippen LogP contribution is 2.67. The molecule has 1 saturated carbocycles. The van der Waals surface area contributed by atoms with E-state index in [1.807, 2.05) is 0 Å². The lowest BCUT2D eigenvalue weighted by atomic mass is 9.94. The van der Waals surface area contributed by atoms with Crippen LogP contribution < -0.4 is 10.6 Å². The Morgan fingerprint density at radius 2 is 1.78 bits per heavy atom. The number of carbonyl (C=O) groups excluding carboxylic acids is 1. The molecule has 23 heavy (non-hydrogen) atoms. The number of aliphatic hydroxyl groups excluding tert-OH is 1. The molecule has 0 spiro atoms. The molecule has 0 aromatic heterocycles. The van der Waals surface area contributed by atoms with E-state index in [9.17, 15) is 4.79 Å². The minimum atomic E-state index is -0.420. The van der Waals surface area contributed by atoms with Crippen molar-refractivity contribution in [3.63, 3.8) is 0 Å². The highest BCUT2D eigenvalue weighted by atomic mass is 16.5. The Morgan fingerprint density at radius 1 is 1.17 bits per heavy atom. The molecule has 6 heteroatoms. The fourth-order valence-corrected chi connectivity index (χ4v) is 3.72. The number of nitrogens with one attached hydrogen (secondary N) is 2. The third-order valence-electron chi connectivity index (χ3n) is 6.26. The molecule has 1 aliphatic heterocycles. The van der Waals surface area contributed by atoms with Gasteiger partial charge in [0, 0.05) is 39.1 Å². The summed E-state index contributed by atoms with van der Waals surface area (Å²) in [5.74, 6) is 0.503. The Kier molecular flexibility index (Phi) is 5.59. The van der Waals surface area contributed by atoms with Gasteiger partial charge in [-0.3, -0.25) is 0 Å². The molecule has 2 fully saturated rings. The van der Waals surface area contributed by atoms with Crippen LogP contribution in [0.2, 0.25) is 0 Å². The summed E-state index contributed by atoms with van der Waals surface area (Å²) in [7, 11) is 0. The highest BCUT2D eigenvalue weighted by molar-refractivity contribution is 5.74. The van der Waals surface area contributed by atoms with Gasteiger partial charge in [0.25, 0.3) is 0 Å². The number of urea groups is 1. The number of amides is 2. The largest absolute Gasteiger partial charge is 0.394 e. The molecule has 0 atom stereocenters. The van der Waals surface area contributed by atoms with Gasteiger partial charge in [-0.2, -0.15) is 0 Å². The molecular formula is C17H32N2O4. The quantitative estimate of drug-likeness (QED) is 0.662. The second kappa shape index (κ2) is 6.95. The molecule has 2 amide bonds. The zero-order valence-corrected chi connectivity index (χ0v) is 14.9. The van der Waals surface area contributed by atoms with Crippen molar-refractivity contribution in [1.29, 1.82) is 0 Å². The van der Waals surface area contributed by atoms with Crippen LogP contribution in [0.5, 0.6) is 0 Å². The van der Waals surface area contributed by atoms with Gasteiger partial charge in [0.15, 0.2) is 0 Å². The van der Waals surface area contributed by atoms with Gasteiger partial charge in [0.2, 0.25) is 0 Å². The Hall–Kier alpha value is -0.850. The summed E-state index contributed by atoms with van der Waals surface area (Å²) in [4.78, 5) is 12.1. The summed E-state index contributed by atoms with van der Waals surface area (Å²) < 4.78 is 11.2. The van der Waals surface area contributed by atoms with E-state index in [1.165, 1.54) is 0 Å². The van der Waals surface area contributed by atoms with Crippen LogP contribution >= 0.6 is 0 Å². The number of aliphatic hydroxyl groups is 1. The molecule has 2 aliphatic rings. The average molecular weight is 328 g/mol. The van der Waals surface area contributed by atoms with Crippen molar-refractivity contribution in [3.05, 3.63) is 0 Å². The van der Waals surface area contributed by atoms with Crippen LogP contribution in [-0.4, -0.2) is 56.3 Å². The highest BCUT2D eigenvalue weighted by Gasteiger charge is 2.64. The first-order valence-electron chi connectivity index (χ1n) is 8.59. The first-order chi connectivity index (χ1) is 10.8. The van der Waals surface area contributed by atoms with E-state index in [-0.39, 0.29) is 30.1 Å². The maximum Gasteiger partial charge on any atom is 0.314 e. The third kappa shape index (κ3) is 3.98. The topological polar surface area (TPSA) is 79.8 Å². The Labute approximate surface area is 139 Å². The molecule has 1 saturated heterocycles. The lowest BCUT2D eigenvalue weighted by Gasteiger charge is -2.37. The average Bonchev–Trinajstić information content (AvgIpc) is 2.91. The van der Waals surface area contributed by atoms with E-state index >= 15 is 0 Å². The fourth-order valence-electron chi connectivity index (χ4n) is 3.72. The first kappa shape index (κ1) is 18.5. The minimum Gasteiger partial charge on any atom is -0.394 e. The number of carbonyl (C=O) groups is 1. The van der Waals surface area contributed by atoms with Crippen LogP contribution in [0.4, 0.5) is 4.79 Å². The lowest BCUT2D eigenvalue weighted by Crippen LogP contribution is -2.51. The Balaban J connectivity index is 1.76. The monoisotopic (exact) mass is 328 g/mol. The molecule has 0 unspecified atom stereocenters. The number of rotatable bonds is 7. The second-order valence-corrected chi connectivity index (χ2v) is 7.93. The molecule has 0 radical (unpaired) electrons. The van der Waals surface area contributed by atoms with E-state index < -0.39 is 5.60 Å². The normalized spacial score (nSPS) is 24.9. The molecule has 1 heterocycles. The first-order valence-corrected chi connectivity index (χ1v) is 8.59. The summed E-state index contributed by atoms with van der Waals surface area (Å²) >= 11 is 0. The summed E-state index contributed by atoms with van der Waals surface area (Å²) in [5, 5.41) is 14.9. The van der Waals surface area contributed by atoms with Gasteiger partial charge in [-0.15, -0.1) is 0 Å². The smallest absolute Gasteiger partial charge is 0.314 e. The van der Waals surface area contributed by atoms with E-state index in [1.54, 1.807) is 0 Å². The van der Waals surface area contributed by atoms with Gasteiger partial charge in [-0.05, 0) is 16.7 Å². The number of hydrogen-bond acceptors (Lipinski definition) is 4. The molecule has 2 rings (SSSR count). The molecule has 1 aliphatic carbocycles. The predicted octanol–water partition coefficient (Wildman–Crippen LogP) is 1.53. The van der Waals surface area contributed by atoms with E-state index in [4.69, 9.17) is 14.6 Å². The molecule has 6 nitrogen and oxygen atoms in total. The van der Waals surface area contributed by atoms with Crippen molar-refractivity contribution >= 4 is 6.03 Å². The van der Waals surface area contributed by atoms with Crippen LogP contribution in [0.15, 0.2) is 0 Å². The van der Waals surface area contributed by atoms with Gasteiger partial charge in [0.05, 0.1) is 18.8 Å². The molecular weight excluding hydrogens is 296 g/mol. The van der Waals surface area contributed by atoms with Gasteiger partial charge in [0.1, 0.15) is 0 Å². The zero-order valence-electron chi connectivity index (χ0n) is 14.9. The molecule has 3 N–H and O–H groups in total. The number of hydrogen-bond donors (Lipinski definition) is 3. The van der Waals surface area contributed by atoms with Crippen LogP contribution in [0.3, 0.4) is 0 Å². The second-order valence-electron chi connectivity index (χ2n) is 7.93. The van der Waals surface area contributed by atoms with E-state index in [0.717, 1.165) is 12.8 Å². The summed E-state index contributed by atoms with van der Waals surface area (Å²) in [6.45, 7) is 11.6. The number of ether oxygens (including phenoxy) is 2.